The van der Waals surface area contributed by atoms with Crippen molar-refractivity contribution in [2.75, 3.05) is 0 Å². The highest BCUT2D eigenvalue weighted by Crippen LogP contribution is 2.22. The van der Waals surface area contributed by atoms with E-state index in [1.165, 1.54) is 18.2 Å². The van der Waals surface area contributed by atoms with Gasteiger partial charge < -0.3 is 10.1 Å². The quantitative estimate of drug-likeness (QED) is 0.692. The number of nitrogens with one attached hydrogen (secondary N) is 1. The molecule has 1 heterocycles. The van der Waals surface area contributed by atoms with Gasteiger partial charge in [-0.25, -0.2) is 9.78 Å². The Morgan fingerprint density at radius 2 is 1.67 bits per heavy atom. The van der Waals surface area contributed by atoms with Gasteiger partial charge in [0.25, 0.3) is 5.56 Å². The number of benzene rings is 2. The van der Waals surface area contributed by atoms with Gasteiger partial charge in [0, 0.05) is 5.56 Å². The molecule has 0 aliphatic rings. The van der Waals surface area contributed by atoms with Crippen molar-refractivity contribution >= 4 is 22.7 Å². The average Bonchev–Trinajstić information content (AvgIpc) is 2.60. The number of carbonyl (C=O) groups is 2. The molecule has 2 N–H and O–H groups in total. The zero-order chi connectivity index (χ0) is 19.8. The van der Waals surface area contributed by atoms with E-state index in [1.807, 2.05) is 12.1 Å². The SMILES string of the molecule is CC(C)(C)c1ccc(C(=O)Cc2nc3cc(C(=O)O)ccc3c(=O)[nH]2)cc1. The van der Waals surface area contributed by atoms with Crippen LogP contribution in [0.15, 0.2) is 47.3 Å². The topological polar surface area (TPSA) is 100 Å². The minimum Gasteiger partial charge on any atom is -0.478 e. The van der Waals surface area contributed by atoms with Crippen LogP contribution >= 0.6 is 0 Å². The van der Waals surface area contributed by atoms with Crippen molar-refractivity contribution < 1.29 is 14.7 Å². The van der Waals surface area contributed by atoms with E-state index < -0.39 is 11.5 Å². The molecule has 3 aromatic rings. The van der Waals surface area contributed by atoms with Crippen LogP contribution in [0.2, 0.25) is 0 Å². The molecule has 0 aliphatic carbocycles. The minimum absolute atomic E-state index is 0.00539. The molecule has 0 unspecified atom stereocenters. The van der Waals surface area contributed by atoms with Crippen molar-refractivity contribution in [3.8, 4) is 0 Å². The maximum Gasteiger partial charge on any atom is 0.335 e. The molecule has 0 amide bonds. The molecule has 138 valence electrons. The van der Waals surface area contributed by atoms with E-state index in [1.54, 1.807) is 12.1 Å². The highest BCUT2D eigenvalue weighted by atomic mass is 16.4. The second kappa shape index (κ2) is 6.79. The Kier molecular flexibility index (Phi) is 4.66. The summed E-state index contributed by atoms with van der Waals surface area (Å²) in [6, 6.07) is 11.5. The van der Waals surface area contributed by atoms with Crippen LogP contribution in [0.3, 0.4) is 0 Å². The normalized spacial score (nSPS) is 11.5. The molecule has 27 heavy (non-hydrogen) atoms. The summed E-state index contributed by atoms with van der Waals surface area (Å²) in [5, 5.41) is 9.37. The third-order valence-electron chi connectivity index (χ3n) is 4.40. The maximum absolute atomic E-state index is 12.5. The van der Waals surface area contributed by atoms with Crippen LogP contribution in [0.1, 0.15) is 52.9 Å². The Labute approximate surface area is 155 Å². The number of H-pyrrole nitrogens is 1. The van der Waals surface area contributed by atoms with E-state index in [0.717, 1.165) is 5.56 Å². The number of rotatable bonds is 4. The summed E-state index contributed by atoms with van der Waals surface area (Å²) < 4.78 is 0. The van der Waals surface area contributed by atoms with Gasteiger partial charge in [0.2, 0.25) is 0 Å². The molecule has 0 atom stereocenters. The third-order valence-corrected chi connectivity index (χ3v) is 4.40. The van der Waals surface area contributed by atoms with Gasteiger partial charge in [-0.3, -0.25) is 9.59 Å². The van der Waals surface area contributed by atoms with Crippen LogP contribution in [0.25, 0.3) is 10.9 Å². The Balaban J connectivity index is 1.90. The van der Waals surface area contributed by atoms with E-state index in [-0.39, 0.29) is 39.9 Å². The smallest absolute Gasteiger partial charge is 0.335 e. The molecule has 0 radical (unpaired) electrons. The number of carbonyl (C=O) groups excluding carboxylic acids is 1. The summed E-state index contributed by atoms with van der Waals surface area (Å²) in [7, 11) is 0. The van der Waals surface area contributed by atoms with E-state index in [0.29, 0.717) is 5.56 Å². The lowest BCUT2D eigenvalue weighted by Crippen LogP contribution is -2.16. The molecule has 6 nitrogen and oxygen atoms in total. The predicted octanol–water partition coefficient (Wildman–Crippen LogP) is 3.34. The lowest BCUT2D eigenvalue weighted by atomic mass is 9.86. The number of fused-ring (bicyclic) bond motifs is 1. The maximum atomic E-state index is 12.5. The number of ketones is 1. The number of hydrogen-bond donors (Lipinski definition) is 2. The van der Waals surface area contributed by atoms with Gasteiger partial charge in [0.15, 0.2) is 5.78 Å². The van der Waals surface area contributed by atoms with Gasteiger partial charge >= 0.3 is 5.97 Å². The first kappa shape index (κ1) is 18.5. The lowest BCUT2D eigenvalue weighted by Gasteiger charge is -2.18. The van der Waals surface area contributed by atoms with Gasteiger partial charge in [-0.15, -0.1) is 0 Å². The summed E-state index contributed by atoms with van der Waals surface area (Å²) in [6.07, 6.45) is -0.0721. The van der Waals surface area contributed by atoms with Crippen molar-refractivity contribution in [3.05, 3.63) is 75.3 Å². The number of aromatic amines is 1. The highest BCUT2D eigenvalue weighted by Gasteiger charge is 2.16. The van der Waals surface area contributed by atoms with Crippen molar-refractivity contribution in [2.24, 2.45) is 0 Å². The number of aromatic nitrogens is 2. The van der Waals surface area contributed by atoms with Gasteiger partial charge in [-0.05, 0) is 29.2 Å². The molecule has 0 bridgehead atoms. The molecule has 0 saturated carbocycles. The fourth-order valence-corrected chi connectivity index (χ4v) is 2.81. The first-order valence-corrected chi connectivity index (χ1v) is 8.55. The number of Topliss-reactive ketones (excluding diaryl/α,β-unsaturated/α-hetero) is 1. The predicted molar refractivity (Wildman–Crippen MR) is 102 cm³/mol. The standard InChI is InChI=1S/C21H20N2O4/c1-21(2,3)14-7-4-12(5-8-14)17(24)11-18-22-16-10-13(20(26)27)6-9-15(16)19(25)23-18/h4-10H,11H2,1-3H3,(H,26,27)(H,22,23,25). The Hall–Kier alpha value is -3.28. The lowest BCUT2D eigenvalue weighted by molar-refractivity contribution is 0.0696. The number of nitrogens with zero attached hydrogens (tertiary/aromatic N) is 1. The number of hydrogen-bond acceptors (Lipinski definition) is 4. The van der Waals surface area contributed by atoms with Crippen molar-refractivity contribution in [3.63, 3.8) is 0 Å². The number of aromatic carboxylic acids is 1. The van der Waals surface area contributed by atoms with Gasteiger partial charge in [0.1, 0.15) is 5.82 Å². The molecule has 0 aliphatic heterocycles. The molecule has 3 rings (SSSR count). The van der Waals surface area contributed by atoms with Crippen molar-refractivity contribution in [1.29, 1.82) is 0 Å². The summed E-state index contributed by atoms with van der Waals surface area (Å²) in [5.41, 5.74) is 1.54. The van der Waals surface area contributed by atoms with Crippen LogP contribution in [0.4, 0.5) is 0 Å². The van der Waals surface area contributed by atoms with Crippen LogP contribution < -0.4 is 5.56 Å². The van der Waals surface area contributed by atoms with Crippen LogP contribution in [-0.2, 0) is 11.8 Å². The second-order valence-electron chi connectivity index (χ2n) is 7.48. The molecule has 2 aromatic carbocycles. The zero-order valence-electron chi connectivity index (χ0n) is 15.4. The van der Waals surface area contributed by atoms with Gasteiger partial charge in [0.05, 0.1) is 22.9 Å². The largest absolute Gasteiger partial charge is 0.478 e. The Morgan fingerprint density at radius 1 is 1.04 bits per heavy atom. The van der Waals surface area contributed by atoms with E-state index in [9.17, 15) is 14.4 Å². The van der Waals surface area contributed by atoms with Gasteiger partial charge in [-0.1, -0.05) is 45.0 Å². The molecule has 0 saturated heterocycles. The van der Waals surface area contributed by atoms with Crippen molar-refractivity contribution in [2.45, 2.75) is 32.6 Å². The van der Waals surface area contributed by atoms with E-state index in [2.05, 4.69) is 30.7 Å². The average molecular weight is 364 g/mol. The van der Waals surface area contributed by atoms with E-state index >= 15 is 0 Å². The summed E-state index contributed by atoms with van der Waals surface area (Å²) in [4.78, 5) is 42.7. The zero-order valence-corrected chi connectivity index (χ0v) is 15.4. The first-order valence-electron chi connectivity index (χ1n) is 8.55. The summed E-state index contributed by atoms with van der Waals surface area (Å²) >= 11 is 0. The Morgan fingerprint density at radius 3 is 2.26 bits per heavy atom. The fourth-order valence-electron chi connectivity index (χ4n) is 2.81. The molecule has 1 aromatic heterocycles. The molecule has 0 spiro atoms. The number of carboxylic acid groups (broad SMARTS) is 1. The molecule has 6 heteroatoms. The first-order chi connectivity index (χ1) is 12.6. The van der Waals surface area contributed by atoms with Gasteiger partial charge in [-0.2, -0.15) is 0 Å². The minimum atomic E-state index is -1.10. The van der Waals surface area contributed by atoms with Crippen molar-refractivity contribution in [1.82, 2.24) is 9.97 Å². The molecular weight excluding hydrogens is 344 g/mol. The van der Waals surface area contributed by atoms with Crippen LogP contribution in [0, 0.1) is 0 Å². The summed E-state index contributed by atoms with van der Waals surface area (Å²) in [5.74, 6) is -1.07. The monoisotopic (exact) mass is 364 g/mol. The van der Waals surface area contributed by atoms with Crippen LogP contribution in [-0.4, -0.2) is 26.8 Å². The number of carboxylic acids is 1. The third kappa shape index (κ3) is 3.95. The van der Waals surface area contributed by atoms with E-state index in [4.69, 9.17) is 5.11 Å². The Bertz CT molecular complexity index is 1090. The summed E-state index contributed by atoms with van der Waals surface area (Å²) in [6.45, 7) is 6.29. The molecule has 0 fully saturated rings. The fraction of sp³-hybridized carbons (Fsp3) is 0.238. The second-order valence-corrected chi connectivity index (χ2v) is 7.48. The van der Waals surface area contributed by atoms with Crippen LogP contribution in [0.5, 0.6) is 0 Å². The molecular formula is C21H20N2O4. The highest BCUT2D eigenvalue weighted by molar-refractivity contribution is 5.97.